The van der Waals surface area contributed by atoms with E-state index in [1.54, 1.807) is 17.5 Å². The molecule has 0 aromatic carbocycles. The Bertz CT molecular complexity index is 567. The van der Waals surface area contributed by atoms with E-state index in [0.29, 0.717) is 13.1 Å². The average molecular weight is 273 g/mol. The van der Waals surface area contributed by atoms with Crippen LogP contribution in [0.25, 0.3) is 0 Å². The summed E-state index contributed by atoms with van der Waals surface area (Å²) in [6, 6.07) is 7.80. The molecular formula is C14H15N3OS. The third kappa shape index (κ3) is 2.76. The van der Waals surface area contributed by atoms with E-state index < -0.39 is 0 Å². The summed E-state index contributed by atoms with van der Waals surface area (Å²) >= 11 is 1.78. The first-order valence-corrected chi connectivity index (χ1v) is 7.19. The predicted octanol–water partition coefficient (Wildman–Crippen LogP) is 2.41. The van der Waals surface area contributed by atoms with Crippen molar-refractivity contribution in [2.75, 3.05) is 6.54 Å². The van der Waals surface area contributed by atoms with Crippen LogP contribution in [0.15, 0.2) is 35.8 Å². The van der Waals surface area contributed by atoms with Crippen molar-refractivity contribution in [3.63, 3.8) is 0 Å². The van der Waals surface area contributed by atoms with Crippen LogP contribution in [0.3, 0.4) is 0 Å². The van der Waals surface area contributed by atoms with Gasteiger partial charge in [-0.1, -0.05) is 6.07 Å². The molecule has 1 N–H and O–H groups in total. The third-order valence-electron chi connectivity index (χ3n) is 3.24. The zero-order valence-electron chi connectivity index (χ0n) is 10.5. The van der Waals surface area contributed by atoms with Crippen LogP contribution in [-0.2, 0) is 19.5 Å². The second kappa shape index (κ2) is 5.40. The second-order valence-electron chi connectivity index (χ2n) is 4.52. The van der Waals surface area contributed by atoms with E-state index in [1.165, 1.54) is 10.4 Å². The normalized spacial score (nSPS) is 14.0. The average Bonchev–Trinajstić information content (AvgIpc) is 2.93. The summed E-state index contributed by atoms with van der Waals surface area (Å²) < 4.78 is 0. The lowest BCUT2D eigenvalue weighted by molar-refractivity contribution is 0.192. The molecule has 0 aliphatic carbocycles. The first-order chi connectivity index (χ1) is 9.33. The molecule has 1 aliphatic heterocycles. The molecule has 0 radical (unpaired) electrons. The monoisotopic (exact) mass is 273 g/mol. The molecule has 0 bridgehead atoms. The number of aromatic nitrogens is 1. The van der Waals surface area contributed by atoms with Gasteiger partial charge in [-0.15, -0.1) is 11.3 Å². The molecule has 1 aliphatic rings. The zero-order chi connectivity index (χ0) is 13.1. The standard InChI is InChI=1S/C14H15N3OS/c18-14(16-9-12-3-1-2-6-15-12)17-7-4-13-11(10-17)5-8-19-13/h1-3,5-6,8H,4,7,9-10H2,(H,16,18). The first kappa shape index (κ1) is 12.2. The highest BCUT2D eigenvalue weighted by Gasteiger charge is 2.20. The van der Waals surface area contributed by atoms with Crippen molar-refractivity contribution in [2.45, 2.75) is 19.5 Å². The van der Waals surface area contributed by atoms with Gasteiger partial charge in [0.05, 0.1) is 12.2 Å². The molecule has 0 spiro atoms. The fraction of sp³-hybridized carbons (Fsp3) is 0.286. The minimum absolute atomic E-state index is 0.0116. The number of amides is 2. The van der Waals surface area contributed by atoms with Crippen LogP contribution >= 0.6 is 11.3 Å². The molecule has 2 aromatic heterocycles. The molecule has 2 amide bonds. The Labute approximate surface area is 116 Å². The van der Waals surface area contributed by atoms with Crippen LogP contribution in [0, 0.1) is 0 Å². The maximum absolute atomic E-state index is 12.1. The summed E-state index contributed by atoms with van der Waals surface area (Å²) in [5.74, 6) is 0. The van der Waals surface area contributed by atoms with Crippen LogP contribution in [0.2, 0.25) is 0 Å². The number of pyridine rings is 1. The SMILES string of the molecule is O=C(NCc1ccccn1)N1CCc2sccc2C1. The van der Waals surface area contributed by atoms with E-state index in [-0.39, 0.29) is 6.03 Å². The van der Waals surface area contributed by atoms with Crippen LogP contribution in [0.5, 0.6) is 0 Å². The van der Waals surface area contributed by atoms with Gasteiger partial charge in [0.25, 0.3) is 0 Å². The fourth-order valence-corrected chi connectivity index (χ4v) is 3.09. The molecule has 2 aromatic rings. The Balaban J connectivity index is 1.57. The van der Waals surface area contributed by atoms with Crippen LogP contribution in [0.1, 0.15) is 16.1 Å². The zero-order valence-corrected chi connectivity index (χ0v) is 11.3. The van der Waals surface area contributed by atoms with Crippen LogP contribution < -0.4 is 5.32 Å². The lowest BCUT2D eigenvalue weighted by Crippen LogP contribution is -2.42. The minimum atomic E-state index is -0.0116. The lowest BCUT2D eigenvalue weighted by Gasteiger charge is -2.27. The summed E-state index contributed by atoms with van der Waals surface area (Å²) in [6.07, 6.45) is 2.70. The maximum atomic E-state index is 12.1. The number of carbonyl (C=O) groups excluding carboxylic acids is 1. The van der Waals surface area contributed by atoms with Crippen molar-refractivity contribution in [3.8, 4) is 0 Å². The van der Waals surface area contributed by atoms with E-state index in [4.69, 9.17) is 0 Å². The van der Waals surface area contributed by atoms with E-state index in [9.17, 15) is 4.79 Å². The molecule has 5 heteroatoms. The topological polar surface area (TPSA) is 45.2 Å². The van der Waals surface area contributed by atoms with Gasteiger partial charge in [0.2, 0.25) is 0 Å². The Morgan fingerprint density at radius 3 is 3.21 bits per heavy atom. The molecule has 0 saturated heterocycles. The fourth-order valence-electron chi connectivity index (χ4n) is 2.20. The molecule has 98 valence electrons. The van der Waals surface area contributed by atoms with Gasteiger partial charge in [-0.25, -0.2) is 4.79 Å². The highest BCUT2D eigenvalue weighted by molar-refractivity contribution is 7.10. The minimum Gasteiger partial charge on any atom is -0.332 e. The molecule has 3 heterocycles. The van der Waals surface area contributed by atoms with Crippen LogP contribution in [0.4, 0.5) is 4.79 Å². The van der Waals surface area contributed by atoms with Crippen molar-refractivity contribution in [3.05, 3.63) is 52.0 Å². The van der Waals surface area contributed by atoms with Crippen molar-refractivity contribution >= 4 is 17.4 Å². The Morgan fingerprint density at radius 1 is 1.42 bits per heavy atom. The van der Waals surface area contributed by atoms with Gasteiger partial charge >= 0.3 is 6.03 Å². The van der Waals surface area contributed by atoms with Gasteiger partial charge in [-0.05, 0) is 35.6 Å². The highest BCUT2D eigenvalue weighted by atomic mass is 32.1. The molecular weight excluding hydrogens is 258 g/mol. The van der Waals surface area contributed by atoms with Crippen molar-refractivity contribution in [2.24, 2.45) is 0 Å². The summed E-state index contributed by atoms with van der Waals surface area (Å²) in [5, 5.41) is 5.02. The molecule has 19 heavy (non-hydrogen) atoms. The smallest absolute Gasteiger partial charge is 0.318 e. The van der Waals surface area contributed by atoms with Crippen LogP contribution in [-0.4, -0.2) is 22.5 Å². The highest BCUT2D eigenvalue weighted by Crippen LogP contribution is 2.23. The largest absolute Gasteiger partial charge is 0.332 e. The van der Waals surface area contributed by atoms with Gasteiger partial charge in [0.15, 0.2) is 0 Å². The Kier molecular flexibility index (Phi) is 3.46. The number of thiophene rings is 1. The maximum Gasteiger partial charge on any atom is 0.318 e. The number of hydrogen-bond donors (Lipinski definition) is 1. The number of nitrogens with zero attached hydrogens (tertiary/aromatic N) is 2. The van der Waals surface area contributed by atoms with E-state index >= 15 is 0 Å². The van der Waals surface area contributed by atoms with Crippen molar-refractivity contribution in [1.29, 1.82) is 0 Å². The number of carbonyl (C=O) groups is 1. The number of urea groups is 1. The van der Waals surface area contributed by atoms with Gasteiger partial charge in [0.1, 0.15) is 0 Å². The van der Waals surface area contributed by atoms with Gasteiger partial charge in [-0.2, -0.15) is 0 Å². The Morgan fingerprint density at radius 2 is 2.37 bits per heavy atom. The lowest BCUT2D eigenvalue weighted by atomic mass is 10.1. The molecule has 0 fully saturated rings. The number of rotatable bonds is 2. The summed E-state index contributed by atoms with van der Waals surface area (Å²) in [4.78, 5) is 19.6. The molecule has 4 nitrogen and oxygen atoms in total. The van der Waals surface area contributed by atoms with Gasteiger partial charge in [0, 0.05) is 24.2 Å². The summed E-state index contributed by atoms with van der Waals surface area (Å²) in [5.41, 5.74) is 2.16. The molecule has 0 unspecified atom stereocenters. The number of hydrogen-bond acceptors (Lipinski definition) is 3. The van der Waals surface area contributed by atoms with Crippen molar-refractivity contribution in [1.82, 2.24) is 15.2 Å². The van der Waals surface area contributed by atoms with Crippen molar-refractivity contribution < 1.29 is 4.79 Å². The predicted molar refractivity (Wildman–Crippen MR) is 74.9 cm³/mol. The third-order valence-corrected chi connectivity index (χ3v) is 4.26. The van der Waals surface area contributed by atoms with E-state index in [1.807, 2.05) is 23.1 Å². The molecule has 3 rings (SSSR count). The quantitative estimate of drug-likeness (QED) is 0.913. The first-order valence-electron chi connectivity index (χ1n) is 6.31. The molecule has 0 saturated carbocycles. The van der Waals surface area contributed by atoms with Gasteiger partial charge in [-0.3, -0.25) is 4.98 Å². The number of fused-ring (bicyclic) bond motifs is 1. The summed E-state index contributed by atoms with van der Waals surface area (Å²) in [6.45, 7) is 1.99. The van der Waals surface area contributed by atoms with Gasteiger partial charge < -0.3 is 10.2 Å². The Hall–Kier alpha value is -1.88. The van der Waals surface area contributed by atoms with E-state index in [2.05, 4.69) is 21.7 Å². The molecule has 0 atom stereocenters. The number of nitrogens with one attached hydrogen (secondary N) is 1. The van der Waals surface area contributed by atoms with E-state index in [0.717, 1.165) is 18.7 Å². The summed E-state index contributed by atoms with van der Waals surface area (Å²) in [7, 11) is 0. The second-order valence-corrected chi connectivity index (χ2v) is 5.52.